The van der Waals surface area contributed by atoms with Gasteiger partial charge >= 0.3 is 0 Å². The largest absolute Gasteiger partial charge is 0.389 e. The fourth-order valence-corrected chi connectivity index (χ4v) is 4.14. The van der Waals surface area contributed by atoms with Gasteiger partial charge < -0.3 is 10.4 Å². The summed E-state index contributed by atoms with van der Waals surface area (Å²) in [6, 6.07) is 12.1. The first-order valence-corrected chi connectivity index (χ1v) is 11.0. The first kappa shape index (κ1) is 21.2. The molecule has 2 N–H and O–H groups in total. The predicted molar refractivity (Wildman–Crippen MR) is 128 cm³/mol. The van der Waals surface area contributed by atoms with E-state index in [-0.39, 0.29) is 0 Å². The summed E-state index contributed by atoms with van der Waals surface area (Å²) in [4.78, 5) is 15.7. The third kappa shape index (κ3) is 4.76. The molecular weight excluding hydrogens is 414 g/mol. The van der Waals surface area contributed by atoms with Crippen molar-refractivity contribution in [3.8, 4) is 22.5 Å². The van der Waals surface area contributed by atoms with Crippen LogP contribution in [0.1, 0.15) is 25.0 Å². The molecule has 0 amide bonds. The number of hydrogen-bond acceptors (Lipinski definition) is 7. The smallest absolute Gasteiger partial charge is 0.227 e. The van der Waals surface area contributed by atoms with Crippen molar-refractivity contribution >= 4 is 11.6 Å². The van der Waals surface area contributed by atoms with E-state index >= 15 is 0 Å². The average Bonchev–Trinajstić information content (AvgIpc) is 3.35. The number of nitrogens with zero attached hydrogens (tertiary/aromatic N) is 6. The lowest BCUT2D eigenvalue weighted by atomic mass is 10.1. The van der Waals surface area contributed by atoms with Gasteiger partial charge in [-0.15, -0.1) is 0 Å². The Kier molecular flexibility index (Phi) is 5.39. The molecule has 33 heavy (non-hydrogen) atoms. The Morgan fingerprint density at radius 3 is 2.73 bits per heavy atom. The molecule has 168 valence electrons. The molecular formula is C25H27N7O. The number of aliphatic hydroxyl groups is 1. The molecule has 0 saturated carbocycles. The van der Waals surface area contributed by atoms with Crippen molar-refractivity contribution in [2.75, 3.05) is 12.4 Å². The van der Waals surface area contributed by atoms with Crippen molar-refractivity contribution in [1.82, 2.24) is 29.6 Å². The van der Waals surface area contributed by atoms with Gasteiger partial charge in [0.1, 0.15) is 5.69 Å². The van der Waals surface area contributed by atoms with Crippen LogP contribution < -0.4 is 5.32 Å². The number of aromatic nitrogens is 5. The normalized spacial score (nSPS) is 13.8. The summed E-state index contributed by atoms with van der Waals surface area (Å²) in [5.41, 5.74) is 6.00. The van der Waals surface area contributed by atoms with Gasteiger partial charge in [0.25, 0.3) is 0 Å². The van der Waals surface area contributed by atoms with E-state index in [2.05, 4.69) is 45.4 Å². The molecule has 1 aliphatic heterocycles. The lowest BCUT2D eigenvalue weighted by Crippen LogP contribution is -2.26. The maximum Gasteiger partial charge on any atom is 0.227 e. The summed E-state index contributed by atoms with van der Waals surface area (Å²) in [7, 11) is 2.12. The van der Waals surface area contributed by atoms with E-state index < -0.39 is 5.60 Å². The standard InChI is InChI=1S/C25H27N7O/c1-25(2,33)16-32-15-21(23(30-32)17-5-4-9-26-12-17)22-8-10-27-24(29-22)28-20-7-6-18-13-31(3)14-19(18)11-20/h4-12,15,33H,13-14,16H2,1-3H3,(H,27,28,29). The zero-order chi connectivity index (χ0) is 23.0. The Hall–Kier alpha value is -3.62. The number of nitrogens with one attached hydrogen (secondary N) is 1. The van der Waals surface area contributed by atoms with Gasteiger partial charge in [0, 0.05) is 54.7 Å². The van der Waals surface area contributed by atoms with Gasteiger partial charge in [-0.05, 0) is 62.4 Å². The van der Waals surface area contributed by atoms with E-state index in [0.717, 1.165) is 41.3 Å². The van der Waals surface area contributed by atoms with E-state index in [4.69, 9.17) is 10.1 Å². The van der Waals surface area contributed by atoms with Crippen LogP contribution in [0.4, 0.5) is 11.6 Å². The van der Waals surface area contributed by atoms with Crippen LogP contribution in [0.15, 0.2) is 61.2 Å². The van der Waals surface area contributed by atoms with E-state index in [9.17, 15) is 5.11 Å². The van der Waals surface area contributed by atoms with Gasteiger partial charge in [-0.2, -0.15) is 5.10 Å². The average molecular weight is 442 g/mol. The first-order valence-electron chi connectivity index (χ1n) is 11.0. The summed E-state index contributed by atoms with van der Waals surface area (Å²) in [5, 5.41) is 18.4. The highest BCUT2D eigenvalue weighted by Gasteiger charge is 2.20. The molecule has 5 rings (SSSR count). The Balaban J connectivity index is 1.48. The predicted octanol–water partition coefficient (Wildman–Crippen LogP) is 3.86. The molecule has 0 bridgehead atoms. The van der Waals surface area contributed by atoms with Crippen LogP contribution in [0.25, 0.3) is 22.5 Å². The fourth-order valence-electron chi connectivity index (χ4n) is 4.14. The number of fused-ring (bicyclic) bond motifs is 1. The number of rotatable bonds is 6. The molecule has 8 heteroatoms. The quantitative estimate of drug-likeness (QED) is 0.469. The second kappa shape index (κ2) is 8.38. The number of benzene rings is 1. The van der Waals surface area contributed by atoms with Crippen LogP contribution in [0, 0.1) is 0 Å². The summed E-state index contributed by atoms with van der Waals surface area (Å²) in [6.45, 7) is 5.81. The maximum atomic E-state index is 10.3. The number of hydrogen-bond donors (Lipinski definition) is 2. The van der Waals surface area contributed by atoms with E-state index in [1.807, 2.05) is 24.4 Å². The van der Waals surface area contributed by atoms with Gasteiger partial charge in [-0.3, -0.25) is 14.6 Å². The third-order valence-electron chi connectivity index (χ3n) is 5.52. The van der Waals surface area contributed by atoms with Gasteiger partial charge in [-0.25, -0.2) is 9.97 Å². The third-order valence-corrected chi connectivity index (χ3v) is 5.52. The lowest BCUT2D eigenvalue weighted by Gasteiger charge is -2.16. The topological polar surface area (TPSA) is 92.0 Å². The van der Waals surface area contributed by atoms with Crippen LogP contribution in [0.2, 0.25) is 0 Å². The second-order valence-electron chi connectivity index (χ2n) is 9.19. The Morgan fingerprint density at radius 1 is 1.09 bits per heavy atom. The molecule has 0 fully saturated rings. The summed E-state index contributed by atoms with van der Waals surface area (Å²) < 4.78 is 1.75. The highest BCUT2D eigenvalue weighted by atomic mass is 16.3. The van der Waals surface area contributed by atoms with Crippen molar-refractivity contribution in [2.45, 2.75) is 39.1 Å². The van der Waals surface area contributed by atoms with Crippen LogP contribution >= 0.6 is 0 Å². The van der Waals surface area contributed by atoms with Gasteiger partial charge in [0.2, 0.25) is 5.95 Å². The molecule has 1 aromatic carbocycles. The lowest BCUT2D eigenvalue weighted by molar-refractivity contribution is 0.0578. The minimum absolute atomic E-state index is 0.361. The minimum Gasteiger partial charge on any atom is -0.389 e. The zero-order valence-electron chi connectivity index (χ0n) is 19.0. The number of pyridine rings is 1. The Labute approximate surface area is 193 Å². The Morgan fingerprint density at radius 2 is 1.94 bits per heavy atom. The maximum absolute atomic E-state index is 10.3. The van der Waals surface area contributed by atoms with Gasteiger partial charge in [-0.1, -0.05) is 6.07 Å². The SMILES string of the molecule is CN1Cc2ccc(Nc3nccc(-c4cn(CC(C)(C)O)nc4-c4cccnc4)n3)cc2C1. The zero-order valence-corrected chi connectivity index (χ0v) is 19.0. The van der Waals surface area contributed by atoms with E-state index in [0.29, 0.717) is 12.5 Å². The molecule has 0 spiro atoms. The summed E-state index contributed by atoms with van der Waals surface area (Å²) >= 11 is 0. The van der Waals surface area contributed by atoms with Crippen molar-refractivity contribution in [3.05, 3.63) is 72.3 Å². The monoisotopic (exact) mass is 441 g/mol. The molecule has 0 unspecified atom stereocenters. The van der Waals surface area contributed by atoms with Crippen LogP contribution in [-0.4, -0.2) is 47.4 Å². The molecule has 8 nitrogen and oxygen atoms in total. The fraction of sp³-hybridized carbons (Fsp3) is 0.280. The van der Waals surface area contributed by atoms with Crippen molar-refractivity contribution in [2.24, 2.45) is 0 Å². The van der Waals surface area contributed by atoms with Crippen LogP contribution in [0.5, 0.6) is 0 Å². The summed E-state index contributed by atoms with van der Waals surface area (Å²) in [5.74, 6) is 0.520. The van der Waals surface area contributed by atoms with Crippen molar-refractivity contribution < 1.29 is 5.11 Å². The molecule has 0 aliphatic carbocycles. The van der Waals surface area contributed by atoms with Gasteiger partial charge in [0.15, 0.2) is 0 Å². The molecule has 0 atom stereocenters. The van der Waals surface area contributed by atoms with Crippen LogP contribution in [-0.2, 0) is 19.6 Å². The minimum atomic E-state index is -0.893. The highest BCUT2D eigenvalue weighted by Crippen LogP contribution is 2.31. The van der Waals surface area contributed by atoms with E-state index in [1.54, 1.807) is 37.1 Å². The van der Waals surface area contributed by atoms with E-state index in [1.165, 1.54) is 11.1 Å². The summed E-state index contributed by atoms with van der Waals surface area (Å²) in [6.07, 6.45) is 7.17. The number of anilines is 2. The molecule has 0 radical (unpaired) electrons. The molecule has 4 aromatic rings. The highest BCUT2D eigenvalue weighted by molar-refractivity contribution is 5.78. The molecule has 0 saturated heterocycles. The first-order chi connectivity index (χ1) is 15.8. The van der Waals surface area contributed by atoms with Crippen LogP contribution in [0.3, 0.4) is 0 Å². The molecule has 3 aromatic heterocycles. The van der Waals surface area contributed by atoms with Crippen molar-refractivity contribution in [1.29, 1.82) is 0 Å². The second-order valence-corrected chi connectivity index (χ2v) is 9.19. The Bertz CT molecular complexity index is 1280. The molecule has 1 aliphatic rings. The molecule has 4 heterocycles. The van der Waals surface area contributed by atoms with Crippen molar-refractivity contribution in [3.63, 3.8) is 0 Å². The van der Waals surface area contributed by atoms with Gasteiger partial charge in [0.05, 0.1) is 17.8 Å².